The molecule has 0 amide bonds. The zero-order valence-electron chi connectivity index (χ0n) is 12.2. The van der Waals surface area contributed by atoms with Crippen LogP contribution in [-0.2, 0) is 0 Å². The second-order valence-corrected chi connectivity index (χ2v) is 5.81. The molecule has 0 saturated carbocycles. The quantitative estimate of drug-likeness (QED) is 0.901. The first-order chi connectivity index (χ1) is 9.06. The van der Waals surface area contributed by atoms with E-state index in [0.717, 1.165) is 43.5 Å². The van der Waals surface area contributed by atoms with Crippen molar-refractivity contribution in [3.63, 3.8) is 0 Å². The van der Waals surface area contributed by atoms with Gasteiger partial charge in [0.1, 0.15) is 5.82 Å². The van der Waals surface area contributed by atoms with E-state index in [0.29, 0.717) is 0 Å². The summed E-state index contributed by atoms with van der Waals surface area (Å²) in [7, 11) is 0. The molecule has 2 heterocycles. The average Bonchev–Trinajstić information content (AvgIpc) is 2.39. The van der Waals surface area contributed by atoms with E-state index in [4.69, 9.17) is 0 Å². The molecule has 2 rings (SSSR count). The molecular formula is C15H25N3O. The van der Waals surface area contributed by atoms with Gasteiger partial charge in [0.2, 0.25) is 0 Å². The van der Waals surface area contributed by atoms with E-state index in [1.807, 2.05) is 12.1 Å². The Kier molecular flexibility index (Phi) is 4.77. The molecule has 19 heavy (non-hydrogen) atoms. The maximum absolute atomic E-state index is 9.48. The number of hydrogen-bond acceptors (Lipinski definition) is 4. The van der Waals surface area contributed by atoms with Gasteiger partial charge in [-0.1, -0.05) is 19.9 Å². The second-order valence-electron chi connectivity index (χ2n) is 5.81. The largest absolute Gasteiger partial charge is 0.389 e. The highest BCUT2D eigenvalue weighted by molar-refractivity contribution is 5.40. The van der Waals surface area contributed by atoms with Crippen molar-refractivity contribution in [3.05, 3.63) is 23.9 Å². The minimum atomic E-state index is -0.440. The number of aliphatic hydroxyl groups is 1. The highest BCUT2D eigenvalue weighted by Crippen LogP contribution is 2.17. The van der Waals surface area contributed by atoms with Crippen LogP contribution in [0.15, 0.2) is 18.3 Å². The molecule has 4 heteroatoms. The molecule has 1 N–H and O–H groups in total. The van der Waals surface area contributed by atoms with Crippen LogP contribution in [0.2, 0.25) is 0 Å². The van der Waals surface area contributed by atoms with Crippen molar-refractivity contribution in [2.45, 2.75) is 26.9 Å². The molecule has 1 aromatic rings. The molecule has 0 bridgehead atoms. The molecule has 0 aromatic carbocycles. The number of aromatic nitrogens is 1. The number of rotatable bonds is 4. The molecule has 1 fully saturated rings. The summed E-state index contributed by atoms with van der Waals surface area (Å²) in [5, 5.41) is 9.48. The van der Waals surface area contributed by atoms with Crippen molar-refractivity contribution in [1.29, 1.82) is 0 Å². The Morgan fingerprint density at radius 2 is 1.84 bits per heavy atom. The lowest BCUT2D eigenvalue weighted by Gasteiger charge is -2.36. The lowest BCUT2D eigenvalue weighted by Crippen LogP contribution is -2.47. The Hall–Kier alpha value is -1.13. The van der Waals surface area contributed by atoms with E-state index in [9.17, 15) is 5.11 Å². The maximum atomic E-state index is 9.48. The number of anilines is 1. The summed E-state index contributed by atoms with van der Waals surface area (Å²) in [6.45, 7) is 11.8. The van der Waals surface area contributed by atoms with Crippen molar-refractivity contribution in [3.8, 4) is 0 Å². The van der Waals surface area contributed by atoms with E-state index in [2.05, 4.69) is 28.6 Å². The van der Waals surface area contributed by atoms with Crippen molar-refractivity contribution < 1.29 is 5.11 Å². The number of nitrogens with zero attached hydrogens (tertiary/aromatic N) is 3. The predicted octanol–water partition coefficient (Wildman–Crippen LogP) is 1.91. The van der Waals surface area contributed by atoms with Gasteiger partial charge < -0.3 is 10.0 Å². The third-order valence-corrected chi connectivity index (χ3v) is 3.57. The van der Waals surface area contributed by atoms with Crippen LogP contribution >= 0.6 is 0 Å². The van der Waals surface area contributed by atoms with Gasteiger partial charge >= 0.3 is 0 Å². The summed E-state index contributed by atoms with van der Waals surface area (Å²) in [6, 6.07) is 3.98. The summed E-state index contributed by atoms with van der Waals surface area (Å²) in [5.41, 5.74) is 0.877. The molecule has 1 saturated heterocycles. The lowest BCUT2D eigenvalue weighted by molar-refractivity contribution is 0.199. The zero-order valence-corrected chi connectivity index (χ0v) is 12.2. The first kappa shape index (κ1) is 14.3. The van der Waals surface area contributed by atoms with Crippen LogP contribution in [0.25, 0.3) is 0 Å². The van der Waals surface area contributed by atoms with Gasteiger partial charge in [0.25, 0.3) is 0 Å². The van der Waals surface area contributed by atoms with Gasteiger partial charge in [0.05, 0.1) is 6.10 Å². The minimum absolute atomic E-state index is 0.440. The van der Waals surface area contributed by atoms with E-state index < -0.39 is 6.10 Å². The number of hydrogen-bond donors (Lipinski definition) is 1. The topological polar surface area (TPSA) is 39.6 Å². The van der Waals surface area contributed by atoms with E-state index in [-0.39, 0.29) is 0 Å². The Balaban J connectivity index is 1.90. The molecule has 0 spiro atoms. The van der Waals surface area contributed by atoms with Crippen LogP contribution in [-0.4, -0.2) is 47.7 Å². The van der Waals surface area contributed by atoms with Crippen molar-refractivity contribution in [1.82, 2.24) is 9.88 Å². The second kappa shape index (κ2) is 6.35. The van der Waals surface area contributed by atoms with Crippen molar-refractivity contribution in [2.75, 3.05) is 37.6 Å². The van der Waals surface area contributed by atoms with Crippen molar-refractivity contribution >= 4 is 5.82 Å². The van der Waals surface area contributed by atoms with Gasteiger partial charge in [-0.25, -0.2) is 4.98 Å². The number of pyridine rings is 1. The van der Waals surface area contributed by atoms with Crippen LogP contribution in [0.1, 0.15) is 32.4 Å². The number of aliphatic hydroxyl groups excluding tert-OH is 1. The molecule has 0 radical (unpaired) electrons. The molecule has 1 aliphatic rings. The number of piperazine rings is 1. The molecule has 0 unspecified atom stereocenters. The first-order valence-corrected chi connectivity index (χ1v) is 7.17. The van der Waals surface area contributed by atoms with Gasteiger partial charge in [-0.15, -0.1) is 0 Å². The summed E-state index contributed by atoms with van der Waals surface area (Å²) in [4.78, 5) is 9.30. The average molecular weight is 263 g/mol. The summed E-state index contributed by atoms with van der Waals surface area (Å²) < 4.78 is 0. The Labute approximate surface area is 116 Å². The van der Waals surface area contributed by atoms with Crippen LogP contribution in [0.3, 0.4) is 0 Å². The third-order valence-electron chi connectivity index (χ3n) is 3.57. The molecule has 1 atom stereocenters. The molecule has 1 aliphatic heterocycles. The van der Waals surface area contributed by atoms with Crippen LogP contribution < -0.4 is 4.90 Å². The highest BCUT2D eigenvalue weighted by atomic mass is 16.3. The van der Waals surface area contributed by atoms with Crippen molar-refractivity contribution in [2.24, 2.45) is 5.92 Å². The normalized spacial score (nSPS) is 18.9. The fraction of sp³-hybridized carbons (Fsp3) is 0.667. The van der Waals surface area contributed by atoms with Gasteiger partial charge in [-0.2, -0.15) is 0 Å². The summed E-state index contributed by atoms with van der Waals surface area (Å²) in [6.07, 6.45) is 1.34. The fourth-order valence-corrected chi connectivity index (χ4v) is 2.51. The summed E-state index contributed by atoms with van der Waals surface area (Å²) in [5.74, 6) is 1.75. The predicted molar refractivity (Wildman–Crippen MR) is 78.4 cm³/mol. The van der Waals surface area contributed by atoms with Crippen LogP contribution in [0.5, 0.6) is 0 Å². The van der Waals surface area contributed by atoms with Crippen LogP contribution in [0, 0.1) is 5.92 Å². The highest BCUT2D eigenvalue weighted by Gasteiger charge is 2.18. The molecular weight excluding hydrogens is 238 g/mol. The molecule has 0 aliphatic carbocycles. The Morgan fingerprint density at radius 3 is 2.32 bits per heavy atom. The maximum Gasteiger partial charge on any atom is 0.128 e. The molecule has 4 nitrogen and oxygen atoms in total. The van der Waals surface area contributed by atoms with Crippen LogP contribution in [0.4, 0.5) is 5.82 Å². The van der Waals surface area contributed by atoms with Gasteiger partial charge in [0.15, 0.2) is 0 Å². The third kappa shape index (κ3) is 3.91. The first-order valence-electron chi connectivity index (χ1n) is 7.17. The SMILES string of the molecule is CC(C)CN1CCN(c2ccc([C@H](C)O)cn2)CC1. The lowest BCUT2D eigenvalue weighted by atomic mass is 10.2. The minimum Gasteiger partial charge on any atom is -0.389 e. The fourth-order valence-electron chi connectivity index (χ4n) is 2.51. The monoisotopic (exact) mass is 263 g/mol. The smallest absolute Gasteiger partial charge is 0.128 e. The Morgan fingerprint density at radius 1 is 1.16 bits per heavy atom. The van der Waals surface area contributed by atoms with Gasteiger partial charge in [-0.3, -0.25) is 4.90 Å². The summed E-state index contributed by atoms with van der Waals surface area (Å²) >= 11 is 0. The Bertz CT molecular complexity index is 381. The van der Waals surface area contributed by atoms with E-state index >= 15 is 0 Å². The molecule has 106 valence electrons. The van der Waals surface area contributed by atoms with E-state index in [1.165, 1.54) is 6.54 Å². The zero-order chi connectivity index (χ0) is 13.8. The van der Waals surface area contributed by atoms with E-state index in [1.54, 1.807) is 13.1 Å². The molecule has 1 aromatic heterocycles. The van der Waals surface area contributed by atoms with Gasteiger partial charge in [-0.05, 0) is 24.5 Å². The van der Waals surface area contributed by atoms with Gasteiger partial charge in [0, 0.05) is 38.9 Å². The standard InChI is InChI=1S/C15H25N3O/c1-12(2)11-17-6-8-18(9-7-17)15-5-4-14(10-16-15)13(3)19/h4-5,10,12-13,19H,6-9,11H2,1-3H3/t13-/m0/s1.